The van der Waals surface area contributed by atoms with Crippen molar-refractivity contribution >= 4 is 21.8 Å². The number of hydrogen-bond donors (Lipinski definition) is 3. The van der Waals surface area contributed by atoms with Gasteiger partial charge in [-0.05, 0) is 18.8 Å². The number of carboxylic acid groups (broad SMARTS) is 1. The molecule has 20 heavy (non-hydrogen) atoms. The molecule has 0 aromatic carbocycles. The van der Waals surface area contributed by atoms with E-state index in [9.17, 15) is 18.0 Å². The summed E-state index contributed by atoms with van der Waals surface area (Å²) in [6, 6.07) is -0.682. The third-order valence-corrected chi connectivity index (χ3v) is 5.43. The second-order valence-corrected chi connectivity index (χ2v) is 7.52. The molecule has 7 nitrogen and oxygen atoms in total. The van der Waals surface area contributed by atoms with Gasteiger partial charge in [-0.1, -0.05) is 12.2 Å². The number of urea groups is 1. The molecule has 0 radical (unpaired) electrons. The number of nitrogens with one attached hydrogen (secondary N) is 2. The standard InChI is InChI=1S/C12H18N2O5S/c15-11(16)9-1-2-10(5-9)14-12(17)13-6-8-3-4-20(18,19)7-8/h1-2,8-10H,3-7H2,(H,15,16)(H2,13,14,17). The van der Waals surface area contributed by atoms with Gasteiger partial charge in [0.1, 0.15) is 0 Å². The monoisotopic (exact) mass is 302 g/mol. The fourth-order valence-corrected chi connectivity index (χ4v) is 4.34. The van der Waals surface area contributed by atoms with Gasteiger partial charge < -0.3 is 15.7 Å². The zero-order valence-corrected chi connectivity index (χ0v) is 11.7. The van der Waals surface area contributed by atoms with Crippen LogP contribution in [0.25, 0.3) is 0 Å². The average Bonchev–Trinajstić information content (AvgIpc) is 2.93. The van der Waals surface area contributed by atoms with Gasteiger partial charge in [0.2, 0.25) is 0 Å². The Kier molecular flexibility index (Phi) is 4.32. The van der Waals surface area contributed by atoms with E-state index >= 15 is 0 Å². The van der Waals surface area contributed by atoms with Crippen LogP contribution < -0.4 is 10.6 Å². The zero-order chi connectivity index (χ0) is 14.8. The molecule has 0 bridgehead atoms. The molecule has 3 unspecified atom stereocenters. The molecule has 0 aromatic rings. The molecule has 0 spiro atoms. The lowest BCUT2D eigenvalue weighted by molar-refractivity contribution is -0.140. The van der Waals surface area contributed by atoms with Gasteiger partial charge in [0.25, 0.3) is 0 Å². The maximum Gasteiger partial charge on any atom is 0.315 e. The molecule has 0 saturated carbocycles. The first-order valence-corrected chi connectivity index (χ1v) is 8.34. The molecule has 112 valence electrons. The molecule has 1 fully saturated rings. The maximum atomic E-state index is 11.6. The molecule has 1 saturated heterocycles. The van der Waals surface area contributed by atoms with Crippen LogP contribution in [0.3, 0.4) is 0 Å². The quantitative estimate of drug-likeness (QED) is 0.620. The van der Waals surface area contributed by atoms with E-state index in [1.165, 1.54) is 0 Å². The van der Waals surface area contributed by atoms with Crippen molar-refractivity contribution in [1.29, 1.82) is 0 Å². The topological polar surface area (TPSA) is 113 Å². The molecule has 2 rings (SSSR count). The third-order valence-electron chi connectivity index (χ3n) is 3.60. The molecule has 0 aromatic heterocycles. The van der Waals surface area contributed by atoms with Gasteiger partial charge in [0, 0.05) is 6.54 Å². The van der Waals surface area contributed by atoms with Crippen molar-refractivity contribution in [1.82, 2.24) is 10.6 Å². The number of carbonyl (C=O) groups excluding carboxylic acids is 1. The van der Waals surface area contributed by atoms with Crippen LogP contribution in [-0.4, -0.2) is 49.6 Å². The highest BCUT2D eigenvalue weighted by molar-refractivity contribution is 7.91. The molecular weight excluding hydrogens is 284 g/mol. The molecule has 3 N–H and O–H groups in total. The summed E-state index contributed by atoms with van der Waals surface area (Å²) in [5.41, 5.74) is 0. The van der Waals surface area contributed by atoms with E-state index in [2.05, 4.69) is 10.6 Å². The van der Waals surface area contributed by atoms with E-state index in [1.807, 2.05) is 0 Å². The Morgan fingerprint density at radius 1 is 1.30 bits per heavy atom. The largest absolute Gasteiger partial charge is 0.481 e. The summed E-state index contributed by atoms with van der Waals surface area (Å²) in [5, 5.41) is 14.1. The molecule has 3 atom stereocenters. The van der Waals surface area contributed by atoms with Gasteiger partial charge in [-0.15, -0.1) is 0 Å². The van der Waals surface area contributed by atoms with Gasteiger partial charge in [0.15, 0.2) is 9.84 Å². The minimum absolute atomic E-state index is 0.0309. The summed E-state index contributed by atoms with van der Waals surface area (Å²) in [5.74, 6) is -1.18. The van der Waals surface area contributed by atoms with Gasteiger partial charge >= 0.3 is 12.0 Å². The summed E-state index contributed by atoms with van der Waals surface area (Å²) in [4.78, 5) is 22.4. The van der Waals surface area contributed by atoms with Crippen molar-refractivity contribution in [2.45, 2.75) is 18.9 Å². The number of carboxylic acids is 1. The maximum absolute atomic E-state index is 11.6. The van der Waals surface area contributed by atoms with Crippen molar-refractivity contribution in [2.24, 2.45) is 11.8 Å². The van der Waals surface area contributed by atoms with E-state index < -0.39 is 27.8 Å². The van der Waals surface area contributed by atoms with Crippen LogP contribution in [0, 0.1) is 11.8 Å². The van der Waals surface area contributed by atoms with Gasteiger partial charge in [-0.2, -0.15) is 0 Å². The fourth-order valence-electron chi connectivity index (χ4n) is 2.48. The van der Waals surface area contributed by atoms with E-state index in [-0.39, 0.29) is 23.5 Å². The summed E-state index contributed by atoms with van der Waals surface area (Å²) >= 11 is 0. The van der Waals surface area contributed by atoms with Crippen LogP contribution in [0.15, 0.2) is 12.2 Å². The SMILES string of the molecule is O=C(NCC1CCS(=O)(=O)C1)NC1C=CC(C(=O)O)C1. The highest BCUT2D eigenvalue weighted by atomic mass is 32.2. The lowest BCUT2D eigenvalue weighted by Crippen LogP contribution is -2.42. The minimum atomic E-state index is -2.93. The van der Waals surface area contributed by atoms with Gasteiger partial charge in [-0.25, -0.2) is 13.2 Å². The zero-order valence-electron chi connectivity index (χ0n) is 10.9. The van der Waals surface area contributed by atoms with Crippen LogP contribution in [0.2, 0.25) is 0 Å². The molecule has 1 aliphatic carbocycles. The Morgan fingerprint density at radius 2 is 2.05 bits per heavy atom. The Morgan fingerprint density at radius 3 is 2.60 bits per heavy atom. The van der Waals surface area contributed by atoms with E-state index in [4.69, 9.17) is 5.11 Å². The third kappa shape index (κ3) is 3.96. The predicted molar refractivity (Wildman–Crippen MR) is 72.0 cm³/mol. The van der Waals surface area contributed by atoms with Crippen LogP contribution >= 0.6 is 0 Å². The van der Waals surface area contributed by atoms with Crippen LogP contribution in [0.1, 0.15) is 12.8 Å². The Labute approximate surface area is 117 Å². The summed E-state index contributed by atoms with van der Waals surface area (Å²) in [6.07, 6.45) is 4.16. The first kappa shape index (κ1) is 14.8. The number of amides is 2. The Balaban J connectivity index is 1.69. The van der Waals surface area contributed by atoms with Crippen LogP contribution in [0.5, 0.6) is 0 Å². The molecule has 1 aliphatic heterocycles. The number of hydrogen-bond acceptors (Lipinski definition) is 4. The number of carbonyl (C=O) groups is 2. The first-order chi connectivity index (χ1) is 9.35. The molecule has 1 heterocycles. The van der Waals surface area contributed by atoms with Crippen molar-refractivity contribution in [2.75, 3.05) is 18.1 Å². The van der Waals surface area contributed by atoms with Crippen molar-refractivity contribution in [3.8, 4) is 0 Å². The van der Waals surface area contributed by atoms with Crippen molar-refractivity contribution in [3.05, 3.63) is 12.2 Å². The Hall–Kier alpha value is -1.57. The lowest BCUT2D eigenvalue weighted by Gasteiger charge is -2.14. The fraction of sp³-hybridized carbons (Fsp3) is 0.667. The molecule has 2 aliphatic rings. The van der Waals surface area contributed by atoms with E-state index in [0.717, 1.165) is 0 Å². The second kappa shape index (κ2) is 5.82. The summed E-state index contributed by atoms with van der Waals surface area (Å²) in [7, 11) is -2.93. The van der Waals surface area contributed by atoms with E-state index in [1.54, 1.807) is 12.2 Å². The van der Waals surface area contributed by atoms with Crippen molar-refractivity contribution in [3.63, 3.8) is 0 Å². The van der Waals surface area contributed by atoms with Gasteiger partial charge in [0.05, 0.1) is 23.5 Å². The smallest absolute Gasteiger partial charge is 0.315 e. The predicted octanol–water partition coefficient (Wildman–Crippen LogP) is -0.250. The minimum Gasteiger partial charge on any atom is -0.481 e. The summed E-state index contributed by atoms with van der Waals surface area (Å²) in [6.45, 7) is 0.323. The normalized spacial score (nSPS) is 31.1. The highest BCUT2D eigenvalue weighted by Gasteiger charge is 2.29. The first-order valence-electron chi connectivity index (χ1n) is 6.51. The molecule has 2 amide bonds. The van der Waals surface area contributed by atoms with Crippen LogP contribution in [0.4, 0.5) is 4.79 Å². The van der Waals surface area contributed by atoms with Crippen molar-refractivity contribution < 1.29 is 23.1 Å². The lowest BCUT2D eigenvalue weighted by atomic mass is 10.1. The average molecular weight is 302 g/mol. The molecule has 8 heteroatoms. The second-order valence-electron chi connectivity index (χ2n) is 5.30. The van der Waals surface area contributed by atoms with E-state index in [0.29, 0.717) is 19.4 Å². The van der Waals surface area contributed by atoms with Gasteiger partial charge in [-0.3, -0.25) is 4.79 Å². The highest BCUT2D eigenvalue weighted by Crippen LogP contribution is 2.18. The Bertz CT molecular complexity index is 528. The van der Waals surface area contributed by atoms with Crippen LogP contribution in [-0.2, 0) is 14.6 Å². The molecular formula is C12H18N2O5S. The number of aliphatic carboxylic acids is 1. The number of sulfone groups is 1. The summed E-state index contributed by atoms with van der Waals surface area (Å²) < 4.78 is 22.5. The number of rotatable bonds is 4.